The van der Waals surface area contributed by atoms with Crippen LogP contribution in [0.2, 0.25) is 0 Å². The summed E-state index contributed by atoms with van der Waals surface area (Å²) in [6.07, 6.45) is 4.64. The second kappa shape index (κ2) is 4.25. The number of hydrogen-bond acceptors (Lipinski definition) is 3. The number of aromatic nitrogens is 2. The fourth-order valence-corrected chi connectivity index (χ4v) is 2.34. The Morgan fingerprint density at radius 1 is 1.62 bits per heavy atom. The Morgan fingerprint density at radius 2 is 2.38 bits per heavy atom. The highest BCUT2D eigenvalue weighted by Gasteiger charge is 2.20. The van der Waals surface area contributed by atoms with Gasteiger partial charge in [0.15, 0.2) is 4.96 Å². The predicted molar refractivity (Wildman–Crippen MR) is 62.7 cm³/mol. The van der Waals surface area contributed by atoms with E-state index >= 15 is 0 Å². The molecule has 0 aliphatic carbocycles. The van der Waals surface area contributed by atoms with Gasteiger partial charge in [-0.2, -0.15) is 0 Å². The van der Waals surface area contributed by atoms with Crippen LogP contribution < -0.4 is 0 Å². The zero-order valence-corrected chi connectivity index (χ0v) is 10.1. The lowest BCUT2D eigenvalue weighted by Crippen LogP contribution is -2.20. The van der Waals surface area contributed by atoms with E-state index in [1.165, 1.54) is 0 Å². The lowest BCUT2D eigenvalue weighted by Gasteiger charge is -2.13. The molecule has 0 fully saturated rings. The average Bonchev–Trinajstić information content (AvgIpc) is 2.76. The summed E-state index contributed by atoms with van der Waals surface area (Å²) in [4.78, 5) is 16.2. The Morgan fingerprint density at radius 3 is 3.00 bits per heavy atom. The molecule has 2 heterocycles. The van der Waals surface area contributed by atoms with Gasteiger partial charge in [-0.05, 0) is 12.3 Å². The van der Waals surface area contributed by atoms with E-state index in [0.717, 1.165) is 10.7 Å². The number of hydrogen-bond donors (Lipinski definition) is 1. The first-order valence-electron chi connectivity index (χ1n) is 5.22. The Labute approximate surface area is 97.6 Å². The standard InChI is InChI=1S/C11H14N2O2S/c1-7(8(2)10(14)15)5-9-6-13-3-4-16-11(13)12-9/h3-4,6-8H,5H2,1-2H3,(H,14,15). The lowest BCUT2D eigenvalue weighted by molar-refractivity contribution is -0.142. The first-order valence-corrected chi connectivity index (χ1v) is 6.09. The molecule has 0 bridgehead atoms. The summed E-state index contributed by atoms with van der Waals surface area (Å²) >= 11 is 1.59. The third kappa shape index (κ3) is 2.09. The number of carboxylic acids is 1. The van der Waals surface area contributed by atoms with E-state index in [2.05, 4.69) is 4.98 Å². The first-order chi connectivity index (χ1) is 7.58. The second-order valence-electron chi connectivity index (χ2n) is 4.13. The van der Waals surface area contributed by atoms with Crippen LogP contribution in [0.4, 0.5) is 0 Å². The zero-order valence-electron chi connectivity index (χ0n) is 9.25. The molecule has 2 unspecified atom stereocenters. The molecule has 4 nitrogen and oxygen atoms in total. The van der Waals surface area contributed by atoms with Gasteiger partial charge in [0, 0.05) is 17.8 Å². The molecule has 2 atom stereocenters. The summed E-state index contributed by atoms with van der Waals surface area (Å²) in [5.74, 6) is -0.977. The van der Waals surface area contributed by atoms with Crippen molar-refractivity contribution in [3.8, 4) is 0 Å². The van der Waals surface area contributed by atoms with Crippen molar-refractivity contribution in [3.05, 3.63) is 23.5 Å². The maximum Gasteiger partial charge on any atom is 0.306 e. The molecule has 0 aliphatic heterocycles. The molecule has 2 aromatic rings. The van der Waals surface area contributed by atoms with Crippen LogP contribution in [0.25, 0.3) is 4.96 Å². The predicted octanol–water partition coefficient (Wildman–Crippen LogP) is 2.30. The van der Waals surface area contributed by atoms with Crippen LogP contribution in [-0.4, -0.2) is 20.5 Å². The third-order valence-corrected chi connectivity index (χ3v) is 3.69. The minimum Gasteiger partial charge on any atom is -0.481 e. The van der Waals surface area contributed by atoms with Crippen molar-refractivity contribution in [1.29, 1.82) is 0 Å². The maximum atomic E-state index is 10.8. The molecule has 0 saturated carbocycles. The molecule has 0 aromatic carbocycles. The highest BCUT2D eigenvalue weighted by Crippen LogP contribution is 2.19. The van der Waals surface area contributed by atoms with E-state index < -0.39 is 5.97 Å². The highest BCUT2D eigenvalue weighted by atomic mass is 32.1. The molecule has 2 rings (SSSR count). The van der Waals surface area contributed by atoms with E-state index in [1.54, 1.807) is 18.3 Å². The van der Waals surface area contributed by atoms with E-state index in [0.29, 0.717) is 6.42 Å². The van der Waals surface area contributed by atoms with Gasteiger partial charge in [-0.1, -0.05) is 13.8 Å². The largest absolute Gasteiger partial charge is 0.481 e. The summed E-state index contributed by atoms with van der Waals surface area (Å²) < 4.78 is 1.97. The van der Waals surface area contributed by atoms with Crippen LogP contribution in [0.15, 0.2) is 17.8 Å². The molecule has 5 heteroatoms. The molecule has 0 radical (unpaired) electrons. The van der Waals surface area contributed by atoms with Crippen molar-refractivity contribution < 1.29 is 9.90 Å². The monoisotopic (exact) mass is 238 g/mol. The minimum atomic E-state index is -0.742. The van der Waals surface area contributed by atoms with Gasteiger partial charge in [-0.3, -0.25) is 9.20 Å². The van der Waals surface area contributed by atoms with Crippen molar-refractivity contribution in [2.45, 2.75) is 20.3 Å². The molecule has 86 valence electrons. The van der Waals surface area contributed by atoms with Gasteiger partial charge in [0.25, 0.3) is 0 Å². The number of imidazole rings is 1. The minimum absolute atomic E-state index is 0.0992. The van der Waals surface area contributed by atoms with Gasteiger partial charge in [-0.25, -0.2) is 4.98 Å². The van der Waals surface area contributed by atoms with Crippen molar-refractivity contribution in [2.24, 2.45) is 11.8 Å². The SMILES string of the molecule is CC(Cc1cn2ccsc2n1)C(C)C(=O)O. The average molecular weight is 238 g/mol. The van der Waals surface area contributed by atoms with Gasteiger partial charge < -0.3 is 5.11 Å². The third-order valence-electron chi connectivity index (χ3n) is 2.92. The number of rotatable bonds is 4. The van der Waals surface area contributed by atoms with Crippen molar-refractivity contribution in [3.63, 3.8) is 0 Å². The van der Waals surface area contributed by atoms with Crippen LogP contribution in [0.1, 0.15) is 19.5 Å². The fraction of sp³-hybridized carbons (Fsp3) is 0.455. The van der Waals surface area contributed by atoms with Gasteiger partial charge in [0.05, 0.1) is 11.6 Å². The second-order valence-corrected chi connectivity index (χ2v) is 5.01. The van der Waals surface area contributed by atoms with Gasteiger partial charge >= 0.3 is 5.97 Å². The Balaban J connectivity index is 2.10. The van der Waals surface area contributed by atoms with Gasteiger partial charge in [0.2, 0.25) is 0 Å². The summed E-state index contributed by atoms with van der Waals surface area (Å²) in [5.41, 5.74) is 0.965. The Hall–Kier alpha value is -1.36. The number of carbonyl (C=O) groups is 1. The highest BCUT2D eigenvalue weighted by molar-refractivity contribution is 7.15. The Bertz CT molecular complexity index is 474. The van der Waals surface area contributed by atoms with E-state index in [1.807, 2.05) is 29.1 Å². The summed E-state index contributed by atoms with van der Waals surface area (Å²) in [6.45, 7) is 3.69. The number of fused-ring (bicyclic) bond motifs is 1. The molecule has 2 aromatic heterocycles. The first kappa shape index (κ1) is 11.1. The summed E-state index contributed by atoms with van der Waals surface area (Å²) in [6, 6.07) is 0. The quantitative estimate of drug-likeness (QED) is 0.889. The van der Waals surface area contributed by atoms with Crippen LogP contribution in [0.5, 0.6) is 0 Å². The number of thiazole rings is 1. The van der Waals surface area contributed by atoms with E-state index in [4.69, 9.17) is 5.11 Å². The molecule has 0 aliphatic rings. The fourth-order valence-electron chi connectivity index (χ4n) is 1.62. The Kier molecular flexibility index (Phi) is 2.96. The van der Waals surface area contributed by atoms with Crippen molar-refractivity contribution in [2.75, 3.05) is 0 Å². The molecule has 1 N–H and O–H groups in total. The smallest absolute Gasteiger partial charge is 0.306 e. The molecule has 0 spiro atoms. The van der Waals surface area contributed by atoms with Gasteiger partial charge in [0.1, 0.15) is 0 Å². The topological polar surface area (TPSA) is 54.6 Å². The summed E-state index contributed by atoms with van der Waals surface area (Å²) in [7, 11) is 0. The van der Waals surface area contributed by atoms with Crippen LogP contribution in [-0.2, 0) is 11.2 Å². The molecule has 0 saturated heterocycles. The van der Waals surface area contributed by atoms with Crippen LogP contribution >= 0.6 is 11.3 Å². The maximum absolute atomic E-state index is 10.8. The number of nitrogens with zero attached hydrogens (tertiary/aromatic N) is 2. The number of carboxylic acid groups (broad SMARTS) is 1. The number of aliphatic carboxylic acids is 1. The molecule has 0 amide bonds. The summed E-state index contributed by atoms with van der Waals surface area (Å²) in [5, 5.41) is 10.9. The van der Waals surface area contributed by atoms with Crippen LogP contribution in [0.3, 0.4) is 0 Å². The molecular formula is C11H14N2O2S. The lowest BCUT2D eigenvalue weighted by atomic mass is 9.92. The van der Waals surface area contributed by atoms with E-state index in [9.17, 15) is 4.79 Å². The van der Waals surface area contributed by atoms with Gasteiger partial charge in [-0.15, -0.1) is 11.3 Å². The van der Waals surface area contributed by atoms with Crippen molar-refractivity contribution >= 4 is 22.3 Å². The molecular weight excluding hydrogens is 224 g/mol. The van der Waals surface area contributed by atoms with Crippen molar-refractivity contribution in [1.82, 2.24) is 9.38 Å². The normalized spacial score (nSPS) is 15.1. The molecule has 16 heavy (non-hydrogen) atoms. The zero-order chi connectivity index (χ0) is 11.7. The van der Waals surface area contributed by atoms with Crippen LogP contribution in [0, 0.1) is 11.8 Å². The van der Waals surface area contributed by atoms with E-state index in [-0.39, 0.29) is 11.8 Å².